The smallest absolute Gasteiger partial charge is 0.375 e. The lowest BCUT2D eigenvalue weighted by Gasteiger charge is -2.11. The van der Waals surface area contributed by atoms with Crippen molar-refractivity contribution in [2.24, 2.45) is 0 Å². The maximum absolute atomic E-state index is 11.3. The van der Waals surface area contributed by atoms with Crippen LogP contribution in [0, 0.1) is 0 Å². The summed E-state index contributed by atoms with van der Waals surface area (Å²) in [6, 6.07) is 18.1. The average Bonchev–Trinajstić information content (AvgIpc) is 2.48. The Hall–Kier alpha value is -1.54. The van der Waals surface area contributed by atoms with Crippen molar-refractivity contribution in [2.45, 2.75) is 0 Å². The van der Waals surface area contributed by atoms with Gasteiger partial charge in [-0.2, -0.15) is 0 Å². The molecule has 0 aliphatic rings. The summed E-state index contributed by atoms with van der Waals surface area (Å²) in [5.74, 6) is 1.23. The molecule has 0 bridgehead atoms. The fourth-order valence-electron chi connectivity index (χ4n) is 1.45. The van der Waals surface area contributed by atoms with Crippen LogP contribution in [0.4, 0.5) is 0 Å². The van der Waals surface area contributed by atoms with Gasteiger partial charge in [0.25, 0.3) is 0 Å². The van der Waals surface area contributed by atoms with E-state index in [0.717, 1.165) is 0 Å². The van der Waals surface area contributed by atoms with Gasteiger partial charge in [-0.3, -0.25) is 4.57 Å². The van der Waals surface area contributed by atoms with Crippen molar-refractivity contribution in [1.29, 1.82) is 0 Å². The molecule has 1 atom stereocenters. The Labute approximate surface area is 137 Å². The first-order valence-corrected chi connectivity index (χ1v) is 11.4. The molecule has 0 aromatic heterocycles. The molecule has 0 heterocycles. The first kappa shape index (κ1) is 19.5. The second-order valence-electron chi connectivity index (χ2n) is 5.01. The summed E-state index contributed by atoms with van der Waals surface area (Å²) in [6.07, 6.45) is 0. The summed E-state index contributed by atoms with van der Waals surface area (Å²) in [4.78, 5) is 0. The Kier molecular flexibility index (Phi) is 7.57. The zero-order valence-electron chi connectivity index (χ0n) is 13.7. The lowest BCUT2D eigenvalue weighted by molar-refractivity contribution is 0.328. The number of para-hydroxylation sites is 2. The van der Waals surface area contributed by atoms with Crippen molar-refractivity contribution in [3.05, 3.63) is 60.7 Å². The maximum atomic E-state index is 11.3. The highest BCUT2D eigenvalue weighted by atomic mass is 31.2. The molecule has 0 N–H and O–H groups in total. The minimum absolute atomic E-state index is 0.560. The Morgan fingerprint density at radius 2 is 1.09 bits per heavy atom. The van der Waals surface area contributed by atoms with Crippen molar-refractivity contribution in [2.75, 3.05) is 27.1 Å². The first-order valence-electron chi connectivity index (χ1n) is 6.89. The molecule has 2 aromatic rings. The quantitative estimate of drug-likeness (QED) is 0.695. The third-order valence-electron chi connectivity index (χ3n) is 2.41. The van der Waals surface area contributed by atoms with Crippen LogP contribution in [0.1, 0.15) is 0 Å². The van der Waals surface area contributed by atoms with Crippen LogP contribution in [0.2, 0.25) is 0 Å². The molecule has 0 saturated carbocycles. The summed E-state index contributed by atoms with van der Waals surface area (Å²) < 4.78 is 37.4. The van der Waals surface area contributed by atoms with Crippen molar-refractivity contribution in [3.8, 4) is 11.5 Å². The predicted octanol–water partition coefficient (Wildman–Crippen LogP) is 5.14. The van der Waals surface area contributed by atoms with E-state index >= 15 is 0 Å². The van der Waals surface area contributed by atoms with Gasteiger partial charge in [-0.05, 0) is 24.3 Å². The van der Waals surface area contributed by atoms with E-state index in [0.29, 0.717) is 11.5 Å². The SMILES string of the molecule is CO[P@](C)(=O)Oc1ccccc1.CP(C)(=O)Oc1ccccc1. The third-order valence-corrected chi connectivity index (χ3v) is 4.27. The van der Waals surface area contributed by atoms with Crippen molar-refractivity contribution >= 4 is 15.0 Å². The van der Waals surface area contributed by atoms with E-state index in [9.17, 15) is 9.13 Å². The molecule has 126 valence electrons. The highest BCUT2D eigenvalue weighted by Gasteiger charge is 2.15. The topological polar surface area (TPSA) is 61.8 Å². The van der Waals surface area contributed by atoms with Gasteiger partial charge in [-0.25, -0.2) is 4.57 Å². The zero-order chi connectivity index (χ0) is 17.3. The number of benzene rings is 2. The van der Waals surface area contributed by atoms with E-state index in [1.54, 1.807) is 37.6 Å². The highest BCUT2D eigenvalue weighted by molar-refractivity contribution is 7.57. The molecular formula is C16H22O5P2. The van der Waals surface area contributed by atoms with Gasteiger partial charge in [0.05, 0.1) is 0 Å². The minimum Gasteiger partial charge on any atom is -0.443 e. The van der Waals surface area contributed by atoms with Crippen LogP contribution in [0.15, 0.2) is 60.7 Å². The number of hydrogen-bond donors (Lipinski definition) is 0. The van der Waals surface area contributed by atoms with E-state index in [1.165, 1.54) is 13.8 Å². The summed E-state index contributed by atoms with van der Waals surface area (Å²) >= 11 is 0. The van der Waals surface area contributed by atoms with Crippen molar-refractivity contribution < 1.29 is 22.7 Å². The molecule has 0 radical (unpaired) electrons. The minimum atomic E-state index is -2.90. The van der Waals surface area contributed by atoms with Crippen molar-refractivity contribution in [1.82, 2.24) is 0 Å². The van der Waals surface area contributed by atoms with Gasteiger partial charge in [0.1, 0.15) is 11.5 Å². The van der Waals surface area contributed by atoms with Gasteiger partial charge >= 0.3 is 7.60 Å². The van der Waals surface area contributed by atoms with Gasteiger partial charge in [0.2, 0.25) is 7.37 Å². The van der Waals surface area contributed by atoms with Gasteiger partial charge in [-0.15, -0.1) is 0 Å². The normalized spacial score (nSPS) is 13.2. The van der Waals surface area contributed by atoms with Crippen LogP contribution < -0.4 is 9.05 Å². The van der Waals surface area contributed by atoms with E-state index in [1.807, 2.05) is 36.4 Å². The van der Waals surface area contributed by atoms with Crippen molar-refractivity contribution in [3.63, 3.8) is 0 Å². The van der Waals surface area contributed by atoms with Gasteiger partial charge in [0, 0.05) is 27.1 Å². The van der Waals surface area contributed by atoms with Crippen LogP contribution in [-0.2, 0) is 13.7 Å². The first-order chi connectivity index (χ1) is 10.7. The van der Waals surface area contributed by atoms with E-state index < -0.39 is 15.0 Å². The predicted molar refractivity (Wildman–Crippen MR) is 94.1 cm³/mol. The standard InChI is InChI=1S/C8H11O3P.C8H11O2P/c1-10-12(2,9)11-8-6-4-3-5-7-8;1-11(2,9)10-8-6-4-3-5-7-8/h3-7H,1-2H3;3-7H,1-2H3/t12-;/m0./s1. The van der Waals surface area contributed by atoms with E-state index in [4.69, 9.17) is 9.05 Å². The van der Waals surface area contributed by atoms with Gasteiger partial charge in [-0.1, -0.05) is 36.4 Å². The van der Waals surface area contributed by atoms with Crippen LogP contribution >= 0.6 is 15.0 Å². The molecule has 0 aliphatic heterocycles. The summed E-state index contributed by atoms with van der Waals surface area (Å²) in [6.45, 7) is 4.62. The Balaban J connectivity index is 0.000000231. The molecule has 0 saturated heterocycles. The number of rotatable bonds is 5. The van der Waals surface area contributed by atoms with Crippen LogP contribution in [0.3, 0.4) is 0 Å². The van der Waals surface area contributed by atoms with Gasteiger partial charge in [0.15, 0.2) is 0 Å². The molecule has 7 heteroatoms. The van der Waals surface area contributed by atoms with E-state index in [-0.39, 0.29) is 0 Å². The summed E-state index contributed by atoms with van der Waals surface area (Å²) in [5, 5.41) is 0. The van der Waals surface area contributed by atoms with Crippen LogP contribution in [0.5, 0.6) is 11.5 Å². The summed E-state index contributed by atoms with van der Waals surface area (Å²) in [7, 11) is -3.92. The fraction of sp³-hybridized carbons (Fsp3) is 0.250. The fourth-order valence-corrected chi connectivity index (χ4v) is 2.65. The molecule has 2 rings (SSSR count). The molecule has 23 heavy (non-hydrogen) atoms. The Morgan fingerprint density at radius 1 is 0.696 bits per heavy atom. The third kappa shape index (κ3) is 9.25. The van der Waals surface area contributed by atoms with Gasteiger partial charge < -0.3 is 13.6 Å². The Bertz CT molecular complexity index is 667. The molecule has 0 unspecified atom stereocenters. The molecule has 0 aliphatic carbocycles. The maximum Gasteiger partial charge on any atom is 0.375 e. The molecule has 0 fully saturated rings. The number of hydrogen-bond acceptors (Lipinski definition) is 5. The molecule has 5 nitrogen and oxygen atoms in total. The second kappa shape index (κ2) is 8.93. The molecule has 2 aromatic carbocycles. The lowest BCUT2D eigenvalue weighted by atomic mass is 10.3. The second-order valence-corrected chi connectivity index (χ2v) is 9.79. The molecule has 0 spiro atoms. The lowest BCUT2D eigenvalue weighted by Crippen LogP contribution is -1.92. The monoisotopic (exact) mass is 356 g/mol. The van der Waals surface area contributed by atoms with Crippen LogP contribution in [0.25, 0.3) is 0 Å². The average molecular weight is 356 g/mol. The molecular weight excluding hydrogens is 334 g/mol. The molecule has 0 amide bonds. The highest BCUT2D eigenvalue weighted by Crippen LogP contribution is 2.43. The van der Waals surface area contributed by atoms with E-state index in [2.05, 4.69) is 4.52 Å². The largest absolute Gasteiger partial charge is 0.443 e. The summed E-state index contributed by atoms with van der Waals surface area (Å²) in [5.41, 5.74) is 0. The van der Waals surface area contributed by atoms with Crippen LogP contribution in [-0.4, -0.2) is 27.1 Å². The Morgan fingerprint density at radius 3 is 1.43 bits per heavy atom. The zero-order valence-corrected chi connectivity index (χ0v) is 15.5.